The van der Waals surface area contributed by atoms with E-state index in [2.05, 4.69) is 29.9 Å². The Morgan fingerprint density at radius 1 is 1.11 bits per heavy atom. The van der Waals surface area contributed by atoms with Crippen LogP contribution in [0.3, 0.4) is 0 Å². The zero-order chi connectivity index (χ0) is 18.8. The number of hydrogen-bond acceptors (Lipinski definition) is 7. The lowest BCUT2D eigenvalue weighted by atomic mass is 10.2. The number of aryl methyl sites for hydroxylation is 2. The Morgan fingerprint density at radius 3 is 2.70 bits per heavy atom. The van der Waals surface area contributed by atoms with Gasteiger partial charge in [0.15, 0.2) is 0 Å². The molecule has 3 aromatic rings. The van der Waals surface area contributed by atoms with Crippen LogP contribution in [0.4, 0.5) is 5.82 Å². The highest BCUT2D eigenvalue weighted by Gasteiger charge is 2.22. The molecule has 0 unspecified atom stereocenters. The van der Waals surface area contributed by atoms with Gasteiger partial charge in [-0.25, -0.2) is 4.98 Å². The number of hydrogen-bond donors (Lipinski definition) is 0. The molecule has 0 N–H and O–H groups in total. The molecule has 1 fully saturated rings. The summed E-state index contributed by atoms with van der Waals surface area (Å²) in [6.45, 7) is 8.22. The Labute approximate surface area is 163 Å². The predicted octanol–water partition coefficient (Wildman–Crippen LogP) is 3.12. The number of anilines is 1. The molecule has 1 saturated heterocycles. The third-order valence-corrected chi connectivity index (χ3v) is 4.87. The summed E-state index contributed by atoms with van der Waals surface area (Å²) in [5, 5.41) is 4.73. The molecule has 0 aliphatic carbocycles. The Bertz CT molecular complexity index is 935. The molecule has 0 atom stereocenters. The largest absolute Gasteiger partial charge is 0.353 e. The molecule has 1 aliphatic heterocycles. The summed E-state index contributed by atoms with van der Waals surface area (Å²) in [6, 6.07) is 7.46. The van der Waals surface area contributed by atoms with E-state index in [4.69, 9.17) is 16.1 Å². The van der Waals surface area contributed by atoms with Gasteiger partial charge >= 0.3 is 0 Å². The Hall–Kier alpha value is -2.51. The third kappa shape index (κ3) is 4.09. The topological polar surface area (TPSA) is 71.2 Å². The van der Waals surface area contributed by atoms with Gasteiger partial charge in [0.25, 0.3) is 0 Å². The van der Waals surface area contributed by atoms with E-state index in [9.17, 15) is 0 Å². The van der Waals surface area contributed by atoms with Gasteiger partial charge in [0.1, 0.15) is 5.82 Å². The Kier molecular flexibility index (Phi) is 5.05. The van der Waals surface area contributed by atoms with Gasteiger partial charge < -0.3 is 9.42 Å². The van der Waals surface area contributed by atoms with Gasteiger partial charge in [0.2, 0.25) is 11.7 Å². The molecule has 2 aromatic heterocycles. The average molecular weight is 385 g/mol. The minimum Gasteiger partial charge on any atom is -0.353 e. The molecule has 0 bridgehead atoms. The maximum atomic E-state index is 6.03. The molecule has 7 nitrogen and oxygen atoms in total. The highest BCUT2D eigenvalue weighted by atomic mass is 35.5. The first-order valence-corrected chi connectivity index (χ1v) is 9.32. The molecule has 0 radical (unpaired) electrons. The summed E-state index contributed by atoms with van der Waals surface area (Å²) in [7, 11) is 0. The Morgan fingerprint density at radius 2 is 1.93 bits per heavy atom. The summed E-state index contributed by atoms with van der Waals surface area (Å²) in [4.78, 5) is 18.2. The van der Waals surface area contributed by atoms with Crippen LogP contribution in [-0.4, -0.2) is 51.2 Å². The second-order valence-electron chi connectivity index (χ2n) is 6.71. The fourth-order valence-electron chi connectivity index (χ4n) is 3.20. The van der Waals surface area contributed by atoms with Gasteiger partial charge in [-0.1, -0.05) is 28.9 Å². The zero-order valence-electron chi connectivity index (χ0n) is 15.4. The van der Waals surface area contributed by atoms with E-state index >= 15 is 0 Å². The van der Waals surface area contributed by atoms with E-state index < -0.39 is 0 Å². The molecule has 1 aliphatic rings. The van der Waals surface area contributed by atoms with Gasteiger partial charge in [-0.3, -0.25) is 9.88 Å². The van der Waals surface area contributed by atoms with E-state index in [1.54, 1.807) is 0 Å². The molecule has 4 rings (SSSR count). The van der Waals surface area contributed by atoms with Crippen molar-refractivity contribution in [2.45, 2.75) is 20.4 Å². The van der Waals surface area contributed by atoms with E-state index in [1.807, 2.05) is 44.3 Å². The lowest BCUT2D eigenvalue weighted by molar-refractivity contribution is 0.215. The maximum Gasteiger partial charge on any atom is 0.241 e. The number of piperazine rings is 1. The molecule has 27 heavy (non-hydrogen) atoms. The standard InChI is InChI=1S/C19H21ClN6O/c1-13-11-21-14(2)19(22-13)26-8-6-25(7-9-26)12-17-23-18(24-27-17)15-4-3-5-16(20)10-15/h3-5,10-11H,6-9,12H2,1-2H3. The lowest BCUT2D eigenvalue weighted by Crippen LogP contribution is -2.46. The molecule has 8 heteroatoms. The highest BCUT2D eigenvalue weighted by Crippen LogP contribution is 2.21. The molecule has 0 saturated carbocycles. The molecular formula is C19H21ClN6O. The summed E-state index contributed by atoms with van der Waals surface area (Å²) >= 11 is 6.03. The van der Waals surface area contributed by atoms with Gasteiger partial charge in [0, 0.05) is 43.0 Å². The number of rotatable bonds is 4. The van der Waals surface area contributed by atoms with Crippen molar-refractivity contribution in [3.05, 3.63) is 52.8 Å². The first-order valence-electron chi connectivity index (χ1n) is 8.94. The third-order valence-electron chi connectivity index (χ3n) is 4.63. The quantitative estimate of drug-likeness (QED) is 0.684. The number of halogens is 1. The minimum atomic E-state index is 0.566. The van der Waals surface area contributed by atoms with Gasteiger partial charge in [-0.05, 0) is 26.0 Å². The minimum absolute atomic E-state index is 0.566. The van der Waals surface area contributed by atoms with Gasteiger partial charge in [-0.15, -0.1) is 0 Å². The van der Waals surface area contributed by atoms with Crippen molar-refractivity contribution < 1.29 is 4.52 Å². The summed E-state index contributed by atoms with van der Waals surface area (Å²) in [5.41, 5.74) is 2.77. The van der Waals surface area contributed by atoms with Crippen LogP contribution in [0.5, 0.6) is 0 Å². The SMILES string of the molecule is Cc1cnc(C)c(N2CCN(Cc3nc(-c4cccc(Cl)c4)no3)CC2)n1. The van der Waals surface area contributed by atoms with Crippen LogP contribution in [0.2, 0.25) is 5.02 Å². The number of aromatic nitrogens is 4. The molecular weight excluding hydrogens is 364 g/mol. The molecule has 0 amide bonds. The monoisotopic (exact) mass is 384 g/mol. The first-order chi connectivity index (χ1) is 13.1. The number of benzene rings is 1. The summed E-state index contributed by atoms with van der Waals surface area (Å²) in [5.74, 6) is 2.16. The van der Waals surface area contributed by atoms with Crippen LogP contribution in [-0.2, 0) is 6.54 Å². The van der Waals surface area contributed by atoms with Crippen LogP contribution in [0.15, 0.2) is 35.0 Å². The molecule has 0 spiro atoms. The van der Waals surface area contributed by atoms with E-state index in [1.165, 1.54) is 0 Å². The summed E-state index contributed by atoms with van der Waals surface area (Å²) in [6.07, 6.45) is 1.81. The van der Waals surface area contributed by atoms with Crippen LogP contribution in [0, 0.1) is 13.8 Å². The second-order valence-corrected chi connectivity index (χ2v) is 7.14. The van der Waals surface area contributed by atoms with Crippen molar-refractivity contribution in [1.29, 1.82) is 0 Å². The van der Waals surface area contributed by atoms with Crippen LogP contribution < -0.4 is 4.90 Å². The molecule has 1 aromatic carbocycles. The van der Waals surface area contributed by atoms with Crippen molar-refractivity contribution in [3.8, 4) is 11.4 Å². The second kappa shape index (κ2) is 7.62. The van der Waals surface area contributed by atoms with E-state index in [0.717, 1.165) is 48.9 Å². The van der Waals surface area contributed by atoms with Crippen LogP contribution in [0.25, 0.3) is 11.4 Å². The van der Waals surface area contributed by atoms with Crippen molar-refractivity contribution in [2.75, 3.05) is 31.1 Å². The van der Waals surface area contributed by atoms with Gasteiger partial charge in [0.05, 0.1) is 17.9 Å². The van der Waals surface area contributed by atoms with E-state index in [0.29, 0.717) is 23.3 Å². The smallest absolute Gasteiger partial charge is 0.241 e. The van der Waals surface area contributed by atoms with Crippen molar-refractivity contribution in [1.82, 2.24) is 25.0 Å². The van der Waals surface area contributed by atoms with Crippen molar-refractivity contribution in [3.63, 3.8) is 0 Å². The van der Waals surface area contributed by atoms with Crippen molar-refractivity contribution >= 4 is 17.4 Å². The molecule has 3 heterocycles. The normalized spacial score (nSPS) is 15.3. The lowest BCUT2D eigenvalue weighted by Gasteiger charge is -2.35. The predicted molar refractivity (Wildman–Crippen MR) is 104 cm³/mol. The zero-order valence-corrected chi connectivity index (χ0v) is 16.1. The summed E-state index contributed by atoms with van der Waals surface area (Å²) < 4.78 is 5.43. The number of nitrogens with zero attached hydrogens (tertiary/aromatic N) is 6. The highest BCUT2D eigenvalue weighted by molar-refractivity contribution is 6.30. The first kappa shape index (κ1) is 17.9. The maximum absolute atomic E-state index is 6.03. The van der Waals surface area contributed by atoms with Crippen LogP contribution >= 0.6 is 11.6 Å². The average Bonchev–Trinajstić information content (AvgIpc) is 3.13. The van der Waals surface area contributed by atoms with Gasteiger partial charge in [-0.2, -0.15) is 4.98 Å². The molecule has 140 valence electrons. The van der Waals surface area contributed by atoms with E-state index in [-0.39, 0.29) is 0 Å². The van der Waals surface area contributed by atoms with Crippen LogP contribution in [0.1, 0.15) is 17.3 Å². The fourth-order valence-corrected chi connectivity index (χ4v) is 3.39. The fraction of sp³-hybridized carbons (Fsp3) is 0.368. The Balaban J connectivity index is 1.38. The van der Waals surface area contributed by atoms with Crippen molar-refractivity contribution in [2.24, 2.45) is 0 Å².